The molecule has 18 heavy (non-hydrogen) atoms. The molecule has 0 spiro atoms. The first-order valence-electron chi connectivity index (χ1n) is 6.35. The molecule has 1 fully saturated rings. The van der Waals surface area contributed by atoms with Gasteiger partial charge in [0.1, 0.15) is 5.82 Å². The van der Waals surface area contributed by atoms with Gasteiger partial charge in [0, 0.05) is 7.11 Å². The average molecular weight is 253 g/mol. The van der Waals surface area contributed by atoms with Gasteiger partial charge in [-0.2, -0.15) is 0 Å². The molecule has 0 radical (unpaired) electrons. The minimum absolute atomic E-state index is 0.0127. The van der Waals surface area contributed by atoms with Crippen LogP contribution in [0, 0.1) is 5.82 Å². The molecular weight excluding hydrogens is 233 g/mol. The van der Waals surface area contributed by atoms with Crippen LogP contribution in [0.25, 0.3) is 0 Å². The second-order valence-electron chi connectivity index (χ2n) is 5.00. The topological polar surface area (TPSA) is 41.5 Å². The standard InChI is InChI=1S/C14H20FNO2/c1-18-11-5-4-8-14(9-11,10-17)16-13-7-3-2-6-12(13)15/h2-3,6-7,11,16-17H,4-5,8-10H2,1H3. The van der Waals surface area contributed by atoms with E-state index >= 15 is 0 Å². The van der Waals surface area contributed by atoms with Crippen molar-refractivity contribution in [2.45, 2.75) is 37.3 Å². The number of nitrogens with one attached hydrogen (secondary N) is 1. The highest BCUT2D eigenvalue weighted by Crippen LogP contribution is 2.33. The predicted octanol–water partition coefficient (Wildman–Crippen LogP) is 2.56. The number of halogens is 1. The van der Waals surface area contributed by atoms with Crippen molar-refractivity contribution in [2.75, 3.05) is 19.0 Å². The maximum Gasteiger partial charge on any atom is 0.146 e. The van der Waals surface area contributed by atoms with Crippen molar-refractivity contribution >= 4 is 5.69 Å². The molecule has 0 bridgehead atoms. The van der Waals surface area contributed by atoms with Crippen LogP contribution >= 0.6 is 0 Å². The highest BCUT2D eigenvalue weighted by molar-refractivity contribution is 5.47. The highest BCUT2D eigenvalue weighted by atomic mass is 19.1. The molecule has 1 aliphatic rings. The maximum absolute atomic E-state index is 13.7. The Morgan fingerprint density at radius 1 is 1.50 bits per heavy atom. The van der Waals surface area contributed by atoms with Gasteiger partial charge in [-0.3, -0.25) is 0 Å². The molecule has 4 heteroatoms. The number of para-hydroxylation sites is 1. The number of anilines is 1. The third-order valence-electron chi connectivity index (χ3n) is 3.71. The van der Waals surface area contributed by atoms with Crippen molar-refractivity contribution in [2.24, 2.45) is 0 Å². The Kier molecular flexibility index (Phi) is 4.19. The molecule has 0 saturated heterocycles. The average Bonchev–Trinajstić information content (AvgIpc) is 2.42. The summed E-state index contributed by atoms with van der Waals surface area (Å²) in [5.41, 5.74) is -0.0236. The molecule has 1 aromatic carbocycles. The second-order valence-corrected chi connectivity index (χ2v) is 5.00. The number of methoxy groups -OCH3 is 1. The third kappa shape index (κ3) is 2.82. The molecule has 0 amide bonds. The smallest absolute Gasteiger partial charge is 0.146 e. The number of rotatable bonds is 4. The number of hydrogen-bond acceptors (Lipinski definition) is 3. The van der Waals surface area contributed by atoms with Crippen LogP contribution in [0.4, 0.5) is 10.1 Å². The third-order valence-corrected chi connectivity index (χ3v) is 3.71. The van der Waals surface area contributed by atoms with Gasteiger partial charge in [-0.1, -0.05) is 12.1 Å². The van der Waals surface area contributed by atoms with Crippen molar-refractivity contribution in [1.82, 2.24) is 0 Å². The van der Waals surface area contributed by atoms with Crippen LogP contribution in [0.5, 0.6) is 0 Å². The summed E-state index contributed by atoms with van der Waals surface area (Å²) in [5, 5.41) is 12.8. The number of hydrogen-bond donors (Lipinski definition) is 2. The van der Waals surface area contributed by atoms with Crippen LogP contribution in [0.2, 0.25) is 0 Å². The summed E-state index contributed by atoms with van der Waals surface area (Å²) in [6, 6.07) is 6.56. The molecule has 2 N–H and O–H groups in total. The van der Waals surface area contributed by atoms with E-state index in [1.54, 1.807) is 25.3 Å². The molecule has 1 aromatic rings. The van der Waals surface area contributed by atoms with Gasteiger partial charge in [0.2, 0.25) is 0 Å². The summed E-state index contributed by atoms with van der Waals surface area (Å²) in [6.45, 7) is -0.0127. The van der Waals surface area contributed by atoms with Crippen molar-refractivity contribution < 1.29 is 14.2 Å². The van der Waals surface area contributed by atoms with Crippen LogP contribution in [0.3, 0.4) is 0 Å². The van der Waals surface area contributed by atoms with Gasteiger partial charge < -0.3 is 15.2 Å². The Labute approximate surface area is 107 Å². The molecule has 2 atom stereocenters. The van der Waals surface area contributed by atoms with Gasteiger partial charge in [0.25, 0.3) is 0 Å². The fourth-order valence-corrected chi connectivity index (χ4v) is 2.65. The number of benzene rings is 1. The van der Waals surface area contributed by atoms with E-state index in [-0.39, 0.29) is 18.5 Å². The first-order chi connectivity index (χ1) is 8.69. The molecule has 100 valence electrons. The molecule has 1 aliphatic carbocycles. The number of ether oxygens (including phenoxy) is 1. The van der Waals surface area contributed by atoms with E-state index in [2.05, 4.69) is 5.32 Å². The van der Waals surface area contributed by atoms with E-state index in [0.29, 0.717) is 12.1 Å². The fourth-order valence-electron chi connectivity index (χ4n) is 2.65. The summed E-state index contributed by atoms with van der Waals surface area (Å²) < 4.78 is 19.0. The molecular formula is C14H20FNO2. The molecule has 1 saturated carbocycles. The van der Waals surface area contributed by atoms with E-state index < -0.39 is 5.54 Å². The molecule has 2 rings (SSSR count). The number of aliphatic hydroxyl groups is 1. The monoisotopic (exact) mass is 253 g/mol. The van der Waals surface area contributed by atoms with Gasteiger partial charge >= 0.3 is 0 Å². The van der Waals surface area contributed by atoms with Gasteiger partial charge in [-0.25, -0.2) is 4.39 Å². The summed E-state index contributed by atoms with van der Waals surface area (Å²) in [4.78, 5) is 0. The zero-order valence-electron chi connectivity index (χ0n) is 10.7. The lowest BCUT2D eigenvalue weighted by Gasteiger charge is -2.40. The Hall–Kier alpha value is -1.13. The lowest BCUT2D eigenvalue weighted by atomic mass is 9.80. The minimum Gasteiger partial charge on any atom is -0.394 e. The summed E-state index contributed by atoms with van der Waals surface area (Å²) in [7, 11) is 1.68. The molecule has 2 unspecified atom stereocenters. The van der Waals surface area contributed by atoms with Crippen LogP contribution in [-0.4, -0.2) is 30.5 Å². The molecule has 0 aromatic heterocycles. The van der Waals surface area contributed by atoms with Crippen LogP contribution in [0.1, 0.15) is 25.7 Å². The van der Waals surface area contributed by atoms with Gasteiger partial charge in [-0.15, -0.1) is 0 Å². The van der Waals surface area contributed by atoms with Crippen LogP contribution in [0.15, 0.2) is 24.3 Å². The van der Waals surface area contributed by atoms with Crippen molar-refractivity contribution in [3.05, 3.63) is 30.1 Å². The van der Waals surface area contributed by atoms with Gasteiger partial charge in [0.05, 0.1) is 23.9 Å². The van der Waals surface area contributed by atoms with E-state index in [0.717, 1.165) is 19.3 Å². The highest BCUT2D eigenvalue weighted by Gasteiger charge is 2.36. The van der Waals surface area contributed by atoms with Crippen molar-refractivity contribution in [3.63, 3.8) is 0 Å². The molecule has 3 nitrogen and oxygen atoms in total. The first kappa shape index (κ1) is 13.3. The number of aliphatic hydroxyl groups excluding tert-OH is 1. The zero-order chi connectivity index (χ0) is 13.0. The van der Waals surface area contributed by atoms with E-state index in [4.69, 9.17) is 4.74 Å². The summed E-state index contributed by atoms with van der Waals surface area (Å²) in [5.74, 6) is -0.287. The SMILES string of the molecule is COC1CCCC(CO)(Nc2ccccc2F)C1. The second kappa shape index (κ2) is 5.67. The minimum atomic E-state index is -0.471. The Morgan fingerprint density at radius 2 is 2.28 bits per heavy atom. The largest absolute Gasteiger partial charge is 0.394 e. The molecule has 0 aliphatic heterocycles. The Morgan fingerprint density at radius 3 is 2.94 bits per heavy atom. The predicted molar refractivity (Wildman–Crippen MR) is 69.1 cm³/mol. The quantitative estimate of drug-likeness (QED) is 0.866. The van der Waals surface area contributed by atoms with Crippen LogP contribution in [-0.2, 0) is 4.74 Å². The van der Waals surface area contributed by atoms with Crippen molar-refractivity contribution in [1.29, 1.82) is 0 Å². The lowest BCUT2D eigenvalue weighted by molar-refractivity contribution is 0.0306. The Bertz CT molecular complexity index is 399. The van der Waals surface area contributed by atoms with Crippen molar-refractivity contribution in [3.8, 4) is 0 Å². The first-order valence-corrected chi connectivity index (χ1v) is 6.35. The van der Waals surface area contributed by atoms with Crippen LogP contribution < -0.4 is 5.32 Å². The normalized spacial score (nSPS) is 28.1. The zero-order valence-corrected chi connectivity index (χ0v) is 10.7. The van der Waals surface area contributed by atoms with Gasteiger partial charge in [-0.05, 0) is 37.8 Å². The summed E-state index contributed by atoms with van der Waals surface area (Å²) in [6.07, 6.45) is 3.63. The lowest BCUT2D eigenvalue weighted by Crippen LogP contribution is -2.48. The van der Waals surface area contributed by atoms with E-state index in [1.807, 2.05) is 0 Å². The maximum atomic E-state index is 13.7. The Balaban J connectivity index is 2.15. The molecule has 0 heterocycles. The van der Waals surface area contributed by atoms with E-state index in [1.165, 1.54) is 6.07 Å². The summed E-state index contributed by atoms with van der Waals surface area (Å²) >= 11 is 0. The fraction of sp³-hybridized carbons (Fsp3) is 0.571. The van der Waals surface area contributed by atoms with E-state index in [9.17, 15) is 9.50 Å². The van der Waals surface area contributed by atoms with Gasteiger partial charge in [0.15, 0.2) is 0 Å².